The summed E-state index contributed by atoms with van der Waals surface area (Å²) in [5.74, 6) is -1.04. The van der Waals surface area contributed by atoms with Gasteiger partial charge in [-0.2, -0.15) is 0 Å². The van der Waals surface area contributed by atoms with E-state index < -0.39 is 5.97 Å². The summed E-state index contributed by atoms with van der Waals surface area (Å²) < 4.78 is 0.483. The Bertz CT molecular complexity index is 542. The molecule has 0 spiro atoms. The average molecular weight is 356 g/mol. The molecule has 1 aliphatic heterocycles. The van der Waals surface area contributed by atoms with Crippen molar-refractivity contribution < 1.29 is 14.7 Å². The molecule has 0 unspecified atom stereocenters. The van der Waals surface area contributed by atoms with Gasteiger partial charge in [0.05, 0.1) is 5.56 Å². The number of anilines is 1. The molecule has 1 heterocycles. The number of carbonyl (C=O) groups is 2. The summed E-state index contributed by atoms with van der Waals surface area (Å²) in [4.78, 5) is 25.2. The van der Waals surface area contributed by atoms with Crippen LogP contribution in [0, 0.1) is 0 Å². The molecule has 1 aliphatic rings. The molecule has 1 aromatic rings. The summed E-state index contributed by atoms with van der Waals surface area (Å²) in [5.41, 5.74) is 0.577. The van der Waals surface area contributed by atoms with Gasteiger partial charge in [0.2, 0.25) is 0 Å². The molecule has 0 bridgehead atoms. The number of amides is 2. The van der Waals surface area contributed by atoms with Gasteiger partial charge < -0.3 is 20.6 Å². The van der Waals surface area contributed by atoms with Crippen LogP contribution in [-0.4, -0.2) is 48.2 Å². The minimum atomic E-state index is -1.04. The SMILES string of the molecule is CN1CCC(NC(=O)Nc2ccc(Br)c(C(=O)O)c2)CC1. The van der Waals surface area contributed by atoms with E-state index in [4.69, 9.17) is 5.11 Å². The molecule has 0 saturated carbocycles. The summed E-state index contributed by atoms with van der Waals surface area (Å²) >= 11 is 3.17. The molecular formula is C14H18BrN3O3. The Morgan fingerprint density at radius 2 is 2.00 bits per heavy atom. The Morgan fingerprint density at radius 3 is 2.62 bits per heavy atom. The molecule has 1 fully saturated rings. The normalized spacial score (nSPS) is 16.5. The standard InChI is InChI=1S/C14H18BrN3O3/c1-18-6-4-9(5-7-18)16-14(21)17-10-2-3-12(15)11(8-10)13(19)20/h2-3,8-9H,4-7H2,1H3,(H,19,20)(H2,16,17,21). The molecule has 6 nitrogen and oxygen atoms in total. The maximum absolute atomic E-state index is 11.9. The van der Waals surface area contributed by atoms with Gasteiger partial charge in [-0.1, -0.05) is 0 Å². The highest BCUT2D eigenvalue weighted by Gasteiger charge is 2.18. The fourth-order valence-electron chi connectivity index (χ4n) is 2.27. The quantitative estimate of drug-likeness (QED) is 0.777. The molecule has 2 amide bonds. The fourth-order valence-corrected chi connectivity index (χ4v) is 2.69. The van der Waals surface area contributed by atoms with Crippen molar-refractivity contribution in [3.63, 3.8) is 0 Å². The molecule has 3 N–H and O–H groups in total. The molecule has 0 aromatic heterocycles. The van der Waals surface area contributed by atoms with Gasteiger partial charge in [0.15, 0.2) is 0 Å². The smallest absolute Gasteiger partial charge is 0.336 e. The van der Waals surface area contributed by atoms with Crippen LogP contribution in [0.2, 0.25) is 0 Å². The number of carbonyl (C=O) groups excluding carboxylic acids is 1. The lowest BCUT2D eigenvalue weighted by atomic mass is 10.1. The molecule has 1 aromatic carbocycles. The van der Waals surface area contributed by atoms with Crippen LogP contribution in [0.1, 0.15) is 23.2 Å². The van der Waals surface area contributed by atoms with Gasteiger partial charge >= 0.3 is 12.0 Å². The van der Waals surface area contributed by atoms with Crippen molar-refractivity contribution in [1.82, 2.24) is 10.2 Å². The summed E-state index contributed by atoms with van der Waals surface area (Å²) in [6, 6.07) is 4.55. The van der Waals surface area contributed by atoms with Crippen molar-refractivity contribution in [2.24, 2.45) is 0 Å². The van der Waals surface area contributed by atoms with Crippen LogP contribution in [0.3, 0.4) is 0 Å². The summed E-state index contributed by atoms with van der Waals surface area (Å²) in [5, 5.41) is 14.6. The second-order valence-corrected chi connectivity index (χ2v) is 6.03. The molecule has 0 atom stereocenters. The first-order chi connectivity index (χ1) is 9.95. The fraction of sp³-hybridized carbons (Fsp3) is 0.429. The van der Waals surface area contributed by atoms with Gasteiger partial charge in [-0.05, 0) is 67.1 Å². The van der Waals surface area contributed by atoms with Crippen molar-refractivity contribution in [1.29, 1.82) is 0 Å². The zero-order valence-corrected chi connectivity index (χ0v) is 13.3. The number of benzene rings is 1. The number of halogens is 1. The van der Waals surface area contributed by atoms with Crippen LogP contribution >= 0.6 is 15.9 Å². The van der Waals surface area contributed by atoms with Gasteiger partial charge in [0.1, 0.15) is 0 Å². The number of carboxylic acids is 1. The highest BCUT2D eigenvalue weighted by molar-refractivity contribution is 9.10. The van der Waals surface area contributed by atoms with E-state index in [2.05, 4.69) is 38.5 Å². The molecular weight excluding hydrogens is 338 g/mol. The molecule has 7 heteroatoms. The second-order valence-electron chi connectivity index (χ2n) is 5.18. The van der Waals surface area contributed by atoms with E-state index in [1.807, 2.05) is 0 Å². The minimum absolute atomic E-state index is 0.118. The van der Waals surface area contributed by atoms with E-state index in [-0.39, 0.29) is 17.6 Å². The monoisotopic (exact) mass is 355 g/mol. The Kier molecular flexibility index (Phi) is 5.19. The third kappa shape index (κ3) is 4.44. The maximum Gasteiger partial charge on any atom is 0.336 e. The zero-order chi connectivity index (χ0) is 15.4. The van der Waals surface area contributed by atoms with Crippen molar-refractivity contribution >= 4 is 33.6 Å². The van der Waals surface area contributed by atoms with E-state index in [1.165, 1.54) is 6.07 Å². The van der Waals surface area contributed by atoms with E-state index >= 15 is 0 Å². The van der Waals surface area contributed by atoms with Crippen LogP contribution < -0.4 is 10.6 Å². The van der Waals surface area contributed by atoms with Crippen molar-refractivity contribution in [3.8, 4) is 0 Å². The average Bonchev–Trinajstić information content (AvgIpc) is 2.43. The van der Waals surface area contributed by atoms with Gasteiger partial charge in [0.25, 0.3) is 0 Å². The Balaban J connectivity index is 1.93. The van der Waals surface area contributed by atoms with Gasteiger partial charge in [-0.3, -0.25) is 0 Å². The minimum Gasteiger partial charge on any atom is -0.478 e. The summed E-state index contributed by atoms with van der Waals surface area (Å²) in [7, 11) is 2.06. The topological polar surface area (TPSA) is 81.7 Å². The van der Waals surface area contributed by atoms with Crippen LogP contribution in [-0.2, 0) is 0 Å². The lowest BCUT2D eigenvalue weighted by Crippen LogP contribution is -2.44. The number of piperidine rings is 1. The van der Waals surface area contributed by atoms with Crippen LogP contribution in [0.4, 0.5) is 10.5 Å². The molecule has 114 valence electrons. The predicted molar refractivity (Wildman–Crippen MR) is 83.8 cm³/mol. The number of rotatable bonds is 3. The summed E-state index contributed by atoms with van der Waals surface area (Å²) in [6.45, 7) is 1.93. The first kappa shape index (κ1) is 15.8. The van der Waals surface area contributed by atoms with Crippen LogP contribution in [0.5, 0.6) is 0 Å². The third-order valence-electron chi connectivity index (χ3n) is 3.51. The van der Waals surface area contributed by atoms with Gasteiger partial charge in [-0.15, -0.1) is 0 Å². The number of urea groups is 1. The van der Waals surface area contributed by atoms with Crippen molar-refractivity contribution in [2.45, 2.75) is 18.9 Å². The molecule has 2 rings (SSSR count). The number of nitrogens with zero attached hydrogens (tertiary/aromatic N) is 1. The highest BCUT2D eigenvalue weighted by atomic mass is 79.9. The zero-order valence-electron chi connectivity index (χ0n) is 11.7. The van der Waals surface area contributed by atoms with E-state index in [1.54, 1.807) is 12.1 Å². The number of carboxylic acid groups (broad SMARTS) is 1. The molecule has 0 radical (unpaired) electrons. The van der Waals surface area contributed by atoms with Gasteiger partial charge in [0, 0.05) is 16.2 Å². The predicted octanol–water partition coefficient (Wildman–Crippen LogP) is 2.36. The summed E-state index contributed by atoms with van der Waals surface area (Å²) in [6.07, 6.45) is 1.84. The maximum atomic E-state index is 11.9. The molecule has 0 aliphatic carbocycles. The first-order valence-corrected chi connectivity index (χ1v) is 7.54. The number of aromatic carboxylic acids is 1. The lowest BCUT2D eigenvalue weighted by Gasteiger charge is -2.29. The molecule has 21 heavy (non-hydrogen) atoms. The lowest BCUT2D eigenvalue weighted by molar-refractivity contribution is 0.0696. The second kappa shape index (κ2) is 6.91. The highest BCUT2D eigenvalue weighted by Crippen LogP contribution is 2.21. The Hall–Kier alpha value is -1.60. The largest absolute Gasteiger partial charge is 0.478 e. The molecule has 1 saturated heterocycles. The first-order valence-electron chi connectivity index (χ1n) is 6.74. The van der Waals surface area contributed by atoms with Gasteiger partial charge in [-0.25, -0.2) is 9.59 Å². The van der Waals surface area contributed by atoms with Crippen LogP contribution in [0.25, 0.3) is 0 Å². The number of hydrogen-bond acceptors (Lipinski definition) is 3. The van der Waals surface area contributed by atoms with Crippen LogP contribution in [0.15, 0.2) is 22.7 Å². The van der Waals surface area contributed by atoms with E-state index in [0.717, 1.165) is 25.9 Å². The van der Waals surface area contributed by atoms with Crippen molar-refractivity contribution in [2.75, 3.05) is 25.5 Å². The number of hydrogen-bond donors (Lipinski definition) is 3. The van der Waals surface area contributed by atoms with Crippen molar-refractivity contribution in [3.05, 3.63) is 28.2 Å². The van der Waals surface area contributed by atoms with E-state index in [9.17, 15) is 9.59 Å². The number of likely N-dealkylation sites (tertiary alicyclic amines) is 1. The number of nitrogens with one attached hydrogen (secondary N) is 2. The Morgan fingerprint density at radius 1 is 1.33 bits per heavy atom. The Labute approximate surface area is 131 Å². The van der Waals surface area contributed by atoms with E-state index in [0.29, 0.717) is 10.2 Å². The third-order valence-corrected chi connectivity index (χ3v) is 4.20.